The third-order valence-electron chi connectivity index (χ3n) is 4.85. The summed E-state index contributed by atoms with van der Waals surface area (Å²) in [5, 5.41) is 0. The highest BCUT2D eigenvalue weighted by Crippen LogP contribution is 2.31. The van der Waals surface area contributed by atoms with Gasteiger partial charge in [0.25, 0.3) is 0 Å². The quantitative estimate of drug-likeness (QED) is 0.507. The molecule has 30 heavy (non-hydrogen) atoms. The van der Waals surface area contributed by atoms with Crippen LogP contribution in [-0.2, 0) is 26.7 Å². The van der Waals surface area contributed by atoms with E-state index in [0.29, 0.717) is 12.0 Å². The zero-order valence-electron chi connectivity index (χ0n) is 18.0. The molecule has 0 aliphatic heterocycles. The normalized spacial score (nSPS) is 13.3. The molecule has 2 rings (SSSR count). The van der Waals surface area contributed by atoms with Crippen molar-refractivity contribution in [3.8, 4) is 11.5 Å². The molecule has 0 saturated carbocycles. The van der Waals surface area contributed by atoms with Crippen molar-refractivity contribution in [1.82, 2.24) is 4.31 Å². The molecule has 166 valence electrons. The zero-order valence-corrected chi connectivity index (χ0v) is 19.6. The average molecular weight is 456 g/mol. The summed E-state index contributed by atoms with van der Waals surface area (Å²) in [4.78, 5) is 0.215. The van der Waals surface area contributed by atoms with E-state index in [0.717, 1.165) is 5.56 Å². The summed E-state index contributed by atoms with van der Waals surface area (Å²) >= 11 is 0. The first-order valence-electron chi connectivity index (χ1n) is 9.71. The van der Waals surface area contributed by atoms with E-state index in [2.05, 4.69) is 0 Å². The smallest absolute Gasteiger partial charge is 0.309 e. The minimum atomic E-state index is -3.76. The maximum atomic E-state index is 13.3. The zero-order chi connectivity index (χ0) is 22.5. The van der Waals surface area contributed by atoms with Gasteiger partial charge in [-0.15, -0.1) is 0 Å². The van der Waals surface area contributed by atoms with Gasteiger partial charge >= 0.3 is 10.1 Å². The minimum Gasteiger partial charge on any atom is -0.493 e. The molecule has 0 bridgehead atoms. The van der Waals surface area contributed by atoms with Gasteiger partial charge in [-0.3, -0.25) is 0 Å². The number of ether oxygens (including phenoxy) is 1. The molecule has 9 heteroatoms. The second-order valence-corrected chi connectivity index (χ2v) is 10.8. The van der Waals surface area contributed by atoms with E-state index in [1.165, 1.54) is 24.4 Å². The SMILES string of the molecule is CC[C@H](C)N(Cc1ccc(OC)c(OS(=O)(=O)CC)c1)S(=O)(=O)c1ccc(C)cc1. The molecule has 2 aromatic carbocycles. The average Bonchev–Trinajstić information content (AvgIpc) is 2.71. The van der Waals surface area contributed by atoms with Gasteiger partial charge in [0.2, 0.25) is 10.0 Å². The van der Waals surface area contributed by atoms with Crippen LogP contribution in [0.5, 0.6) is 11.5 Å². The van der Waals surface area contributed by atoms with Crippen molar-refractivity contribution in [3.63, 3.8) is 0 Å². The van der Waals surface area contributed by atoms with Crippen LogP contribution in [0.3, 0.4) is 0 Å². The molecule has 0 saturated heterocycles. The summed E-state index contributed by atoms with van der Waals surface area (Å²) in [5.41, 5.74) is 1.56. The molecule has 0 radical (unpaired) electrons. The lowest BCUT2D eigenvalue weighted by atomic mass is 10.2. The number of hydrogen-bond acceptors (Lipinski definition) is 6. The molecule has 0 aliphatic carbocycles. The van der Waals surface area contributed by atoms with Crippen LogP contribution in [0.1, 0.15) is 38.3 Å². The summed E-state index contributed by atoms with van der Waals surface area (Å²) in [5.74, 6) is 0.0993. The first-order chi connectivity index (χ1) is 14.0. The monoisotopic (exact) mass is 455 g/mol. The third-order valence-corrected chi connectivity index (χ3v) is 7.96. The summed E-state index contributed by atoms with van der Waals surface area (Å²) in [6, 6.07) is 11.2. The van der Waals surface area contributed by atoms with Gasteiger partial charge in [-0.25, -0.2) is 8.42 Å². The fourth-order valence-electron chi connectivity index (χ4n) is 2.79. The Balaban J connectivity index is 2.45. The summed E-state index contributed by atoms with van der Waals surface area (Å²) in [6.45, 7) is 7.20. The molecule has 2 aromatic rings. The largest absolute Gasteiger partial charge is 0.493 e. The lowest BCUT2D eigenvalue weighted by Crippen LogP contribution is -2.37. The molecular formula is C21H29NO6S2. The topological polar surface area (TPSA) is 90.0 Å². The first-order valence-corrected chi connectivity index (χ1v) is 12.7. The van der Waals surface area contributed by atoms with E-state index in [1.807, 2.05) is 20.8 Å². The predicted octanol–water partition coefficient (Wildman–Crippen LogP) is 3.72. The Morgan fingerprint density at radius 3 is 2.13 bits per heavy atom. The van der Waals surface area contributed by atoms with Gasteiger partial charge < -0.3 is 8.92 Å². The van der Waals surface area contributed by atoms with Crippen molar-refractivity contribution < 1.29 is 25.8 Å². The summed E-state index contributed by atoms with van der Waals surface area (Å²) in [7, 11) is -6.10. The van der Waals surface area contributed by atoms with Crippen molar-refractivity contribution >= 4 is 20.1 Å². The van der Waals surface area contributed by atoms with Crippen LogP contribution in [0.4, 0.5) is 0 Å². The highest BCUT2D eigenvalue weighted by Gasteiger charge is 2.29. The lowest BCUT2D eigenvalue weighted by molar-refractivity contribution is 0.322. The molecule has 0 heterocycles. The van der Waals surface area contributed by atoms with Crippen LogP contribution in [0, 0.1) is 6.92 Å². The first kappa shape index (κ1) is 24.2. The molecule has 0 amide bonds. The van der Waals surface area contributed by atoms with E-state index in [-0.39, 0.29) is 34.7 Å². The molecule has 0 fully saturated rings. The number of hydrogen-bond donors (Lipinski definition) is 0. The van der Waals surface area contributed by atoms with Gasteiger partial charge in [-0.05, 0) is 57.0 Å². The Kier molecular flexibility index (Phi) is 7.90. The third kappa shape index (κ3) is 5.74. The number of aryl methyl sites for hydroxylation is 1. The standard InChI is InChI=1S/C21H29NO6S2/c1-6-17(4)22(30(25,26)19-11-8-16(3)9-12-19)15-18-10-13-20(27-5)21(14-18)28-29(23,24)7-2/h8-14,17H,6-7,15H2,1-5H3/t17-/m0/s1. The number of benzene rings is 2. The lowest BCUT2D eigenvalue weighted by Gasteiger charge is -2.28. The van der Waals surface area contributed by atoms with Gasteiger partial charge in [0.15, 0.2) is 11.5 Å². The minimum absolute atomic E-state index is 0.0358. The number of nitrogens with zero attached hydrogens (tertiary/aromatic N) is 1. The fourth-order valence-corrected chi connectivity index (χ4v) is 5.00. The second-order valence-electron chi connectivity index (χ2n) is 7.04. The van der Waals surface area contributed by atoms with Crippen molar-refractivity contribution in [2.45, 2.75) is 51.6 Å². The van der Waals surface area contributed by atoms with E-state index in [9.17, 15) is 16.8 Å². The van der Waals surface area contributed by atoms with Crippen LogP contribution in [0.15, 0.2) is 47.4 Å². The van der Waals surface area contributed by atoms with Crippen molar-refractivity contribution in [2.24, 2.45) is 0 Å². The maximum absolute atomic E-state index is 13.3. The van der Waals surface area contributed by atoms with Gasteiger partial charge in [-0.2, -0.15) is 12.7 Å². The van der Waals surface area contributed by atoms with Crippen molar-refractivity contribution in [3.05, 3.63) is 53.6 Å². The fraction of sp³-hybridized carbons (Fsp3) is 0.429. The molecule has 0 spiro atoms. The molecule has 0 N–H and O–H groups in total. The van der Waals surface area contributed by atoms with Crippen molar-refractivity contribution in [1.29, 1.82) is 0 Å². The van der Waals surface area contributed by atoms with Crippen LogP contribution < -0.4 is 8.92 Å². The van der Waals surface area contributed by atoms with Gasteiger partial charge in [0.1, 0.15) is 0 Å². The van der Waals surface area contributed by atoms with Crippen molar-refractivity contribution in [2.75, 3.05) is 12.9 Å². The van der Waals surface area contributed by atoms with Crippen LogP contribution in [0.25, 0.3) is 0 Å². The number of rotatable bonds is 10. The molecule has 1 atom stereocenters. The van der Waals surface area contributed by atoms with Gasteiger partial charge in [0, 0.05) is 12.6 Å². The Morgan fingerprint density at radius 2 is 1.60 bits per heavy atom. The highest BCUT2D eigenvalue weighted by molar-refractivity contribution is 7.89. The Labute approximate surface area is 179 Å². The predicted molar refractivity (Wildman–Crippen MR) is 117 cm³/mol. The van der Waals surface area contributed by atoms with E-state index in [1.54, 1.807) is 36.4 Å². The van der Waals surface area contributed by atoms with E-state index in [4.69, 9.17) is 8.92 Å². The molecular weight excluding hydrogens is 426 g/mol. The number of sulfonamides is 1. The molecule has 0 aliphatic rings. The van der Waals surface area contributed by atoms with E-state index < -0.39 is 20.1 Å². The van der Waals surface area contributed by atoms with Gasteiger partial charge in [0.05, 0.1) is 17.8 Å². The Morgan fingerprint density at radius 1 is 0.967 bits per heavy atom. The van der Waals surface area contributed by atoms with Crippen LogP contribution in [0.2, 0.25) is 0 Å². The summed E-state index contributed by atoms with van der Waals surface area (Å²) in [6.07, 6.45) is 0.620. The molecule has 0 aromatic heterocycles. The molecule has 7 nitrogen and oxygen atoms in total. The van der Waals surface area contributed by atoms with Crippen LogP contribution in [-0.4, -0.2) is 40.0 Å². The maximum Gasteiger partial charge on any atom is 0.309 e. The Bertz CT molecular complexity index is 1060. The highest BCUT2D eigenvalue weighted by atomic mass is 32.2. The van der Waals surface area contributed by atoms with E-state index >= 15 is 0 Å². The Hall–Kier alpha value is -2.10. The summed E-state index contributed by atoms with van der Waals surface area (Å²) < 4.78 is 62.2. The van der Waals surface area contributed by atoms with Crippen LogP contribution >= 0.6 is 0 Å². The molecule has 0 unspecified atom stereocenters. The second kappa shape index (κ2) is 9.80. The van der Waals surface area contributed by atoms with Gasteiger partial charge in [-0.1, -0.05) is 30.7 Å². The number of methoxy groups -OCH3 is 1.